The van der Waals surface area contributed by atoms with Crippen molar-refractivity contribution in [3.63, 3.8) is 0 Å². The lowest BCUT2D eigenvalue weighted by atomic mass is 10.2. The lowest BCUT2D eigenvalue weighted by molar-refractivity contribution is -0.123. The van der Waals surface area contributed by atoms with Crippen LogP contribution in [0.1, 0.15) is 31.3 Å². The molecule has 1 aliphatic heterocycles. The van der Waals surface area contributed by atoms with Crippen LogP contribution in [0.3, 0.4) is 0 Å². The summed E-state index contributed by atoms with van der Waals surface area (Å²) < 4.78 is 44.4. The van der Waals surface area contributed by atoms with Crippen molar-refractivity contribution in [1.29, 1.82) is 0 Å². The molecule has 2 amide bonds. The van der Waals surface area contributed by atoms with Crippen molar-refractivity contribution in [3.05, 3.63) is 24.4 Å². The molecule has 0 radical (unpaired) electrons. The van der Waals surface area contributed by atoms with Crippen molar-refractivity contribution in [2.24, 2.45) is 0 Å². The van der Waals surface area contributed by atoms with Gasteiger partial charge in [-0.1, -0.05) is 0 Å². The molecule has 0 saturated carbocycles. The smallest absolute Gasteiger partial charge is 0.405 e. The molecule has 4 heterocycles. The van der Waals surface area contributed by atoms with E-state index in [2.05, 4.69) is 9.97 Å². The number of likely N-dealkylation sites (tertiary alicyclic amines) is 1. The fourth-order valence-corrected chi connectivity index (χ4v) is 3.58. The van der Waals surface area contributed by atoms with Gasteiger partial charge in [0.05, 0.1) is 18.5 Å². The molecule has 8 nitrogen and oxygen atoms in total. The summed E-state index contributed by atoms with van der Waals surface area (Å²) in [5, 5.41) is 12.1. The van der Waals surface area contributed by atoms with Gasteiger partial charge in [0, 0.05) is 19.2 Å². The van der Waals surface area contributed by atoms with Crippen molar-refractivity contribution in [1.82, 2.24) is 24.8 Å². The van der Waals surface area contributed by atoms with Crippen LogP contribution in [0.25, 0.3) is 22.1 Å². The maximum atomic E-state index is 12.3. The topological polar surface area (TPSA) is 96.4 Å². The predicted molar refractivity (Wildman–Crippen MR) is 92.6 cm³/mol. The van der Waals surface area contributed by atoms with Crippen molar-refractivity contribution in [2.75, 3.05) is 19.6 Å². The van der Waals surface area contributed by atoms with Crippen molar-refractivity contribution >= 4 is 28.2 Å². The Morgan fingerprint density at radius 1 is 1.46 bits per heavy atom. The minimum atomic E-state index is -4.47. The van der Waals surface area contributed by atoms with Crippen LogP contribution >= 0.6 is 0 Å². The van der Waals surface area contributed by atoms with Crippen LogP contribution in [-0.2, 0) is 0 Å². The number of imidazole rings is 1. The first-order valence-electron chi connectivity index (χ1n) is 8.76. The third kappa shape index (κ3) is 3.26. The van der Waals surface area contributed by atoms with E-state index in [1.165, 1.54) is 11.2 Å². The molecule has 4 rings (SSSR count). The fraction of sp³-hybridized carbons (Fsp3) is 0.471. The summed E-state index contributed by atoms with van der Waals surface area (Å²) in [6.45, 7) is 0.685. The van der Waals surface area contributed by atoms with E-state index in [1.54, 1.807) is 19.2 Å². The predicted octanol–water partition coefficient (Wildman–Crippen LogP) is 2.75. The highest BCUT2D eigenvalue weighted by Crippen LogP contribution is 2.34. The normalized spacial score (nSPS) is 18.9. The average molecular weight is 397 g/mol. The van der Waals surface area contributed by atoms with Crippen molar-refractivity contribution in [2.45, 2.75) is 31.7 Å². The molecule has 0 aliphatic carbocycles. The monoisotopic (exact) mass is 397 g/mol. The van der Waals surface area contributed by atoms with Crippen LogP contribution in [-0.4, -0.2) is 56.4 Å². The Hall–Kier alpha value is -2.82. The van der Waals surface area contributed by atoms with E-state index in [0.29, 0.717) is 40.9 Å². The Labute approximate surface area is 156 Å². The molecule has 1 unspecified atom stereocenters. The number of urea groups is 1. The first-order chi connectivity index (χ1) is 13.2. The number of nitrogens with one attached hydrogen (secondary N) is 1. The van der Waals surface area contributed by atoms with E-state index < -0.39 is 24.9 Å². The number of carbonyl (C=O) groups is 1. The molecule has 28 heavy (non-hydrogen) atoms. The summed E-state index contributed by atoms with van der Waals surface area (Å²) in [4.78, 5) is 22.1. The van der Waals surface area contributed by atoms with Crippen molar-refractivity contribution < 1.29 is 27.5 Å². The van der Waals surface area contributed by atoms with E-state index in [1.807, 2.05) is 9.88 Å². The Balaban J connectivity index is 1.66. The van der Waals surface area contributed by atoms with Gasteiger partial charge in [-0.3, -0.25) is 4.98 Å². The average Bonchev–Trinajstić information content (AvgIpc) is 3.33. The van der Waals surface area contributed by atoms with E-state index >= 15 is 0 Å². The van der Waals surface area contributed by atoms with Gasteiger partial charge in [0.25, 0.3) is 0 Å². The molecule has 1 fully saturated rings. The maximum Gasteiger partial charge on any atom is 0.405 e. The van der Waals surface area contributed by atoms with E-state index in [0.717, 1.165) is 0 Å². The zero-order valence-electron chi connectivity index (χ0n) is 14.9. The number of aromatic nitrogens is 3. The van der Waals surface area contributed by atoms with Gasteiger partial charge >= 0.3 is 12.2 Å². The van der Waals surface area contributed by atoms with E-state index in [4.69, 9.17) is 4.42 Å². The third-order valence-corrected chi connectivity index (χ3v) is 4.78. The van der Waals surface area contributed by atoms with Crippen molar-refractivity contribution in [3.8, 4) is 0 Å². The SMILES string of the molecule is C[C@@H](O)c1nc2cnc3ccoc3c2n1C1CCN(C(=O)NCC(F)(F)F)C1. The Bertz CT molecular complexity index is 1030. The number of rotatable bonds is 3. The molecule has 1 saturated heterocycles. The Kier molecular flexibility index (Phi) is 4.41. The zero-order valence-corrected chi connectivity index (χ0v) is 14.9. The molecule has 2 atom stereocenters. The molecular weight excluding hydrogens is 379 g/mol. The van der Waals surface area contributed by atoms with Gasteiger partial charge < -0.3 is 24.3 Å². The molecule has 11 heteroatoms. The molecule has 3 aromatic heterocycles. The summed E-state index contributed by atoms with van der Waals surface area (Å²) in [6.07, 6.45) is -1.76. The minimum Gasteiger partial charge on any atom is -0.460 e. The summed E-state index contributed by atoms with van der Waals surface area (Å²) in [7, 11) is 0. The summed E-state index contributed by atoms with van der Waals surface area (Å²) in [5.74, 6) is 0.392. The highest BCUT2D eigenvalue weighted by atomic mass is 19.4. The van der Waals surface area contributed by atoms with Gasteiger partial charge in [0.15, 0.2) is 5.58 Å². The van der Waals surface area contributed by atoms with E-state index in [9.17, 15) is 23.1 Å². The van der Waals surface area contributed by atoms with Gasteiger partial charge in [0.1, 0.15) is 35.0 Å². The summed E-state index contributed by atoms with van der Waals surface area (Å²) in [6, 6.07) is 0.675. The van der Waals surface area contributed by atoms with Crippen LogP contribution in [0, 0.1) is 0 Å². The number of fused-ring (bicyclic) bond motifs is 3. The Morgan fingerprint density at radius 3 is 2.96 bits per heavy atom. The first kappa shape index (κ1) is 18.5. The number of amides is 2. The number of alkyl halides is 3. The van der Waals surface area contributed by atoms with Gasteiger partial charge in [-0.05, 0) is 13.3 Å². The second kappa shape index (κ2) is 6.66. The van der Waals surface area contributed by atoms with Gasteiger partial charge in [0.2, 0.25) is 0 Å². The minimum absolute atomic E-state index is 0.194. The highest BCUT2D eigenvalue weighted by molar-refractivity contribution is 5.98. The highest BCUT2D eigenvalue weighted by Gasteiger charge is 2.34. The van der Waals surface area contributed by atoms with Crippen LogP contribution < -0.4 is 5.32 Å². The lowest BCUT2D eigenvalue weighted by Gasteiger charge is -2.20. The molecule has 0 aromatic carbocycles. The number of halogens is 3. The second-order valence-corrected chi connectivity index (χ2v) is 6.81. The zero-order chi connectivity index (χ0) is 20.1. The lowest BCUT2D eigenvalue weighted by Crippen LogP contribution is -2.42. The summed E-state index contributed by atoms with van der Waals surface area (Å²) in [5.41, 5.74) is 2.33. The summed E-state index contributed by atoms with van der Waals surface area (Å²) >= 11 is 0. The second-order valence-electron chi connectivity index (χ2n) is 6.81. The number of hydrogen-bond donors (Lipinski definition) is 2. The molecule has 0 bridgehead atoms. The standard InChI is InChI=1S/C17H18F3N5O3/c1-9(26)15-23-12-6-21-11-3-5-28-14(11)13(12)25(15)10-2-4-24(7-10)16(27)22-8-17(18,19)20/h3,5-6,9-10,26H,2,4,7-8H2,1H3,(H,22,27)/t9-,10?/m1/s1. The van der Waals surface area contributed by atoms with Crippen LogP contribution in [0.4, 0.5) is 18.0 Å². The third-order valence-electron chi connectivity index (χ3n) is 4.78. The number of aliphatic hydroxyl groups excluding tert-OH is 1. The Morgan fingerprint density at radius 2 is 2.25 bits per heavy atom. The molecule has 3 aromatic rings. The molecule has 0 spiro atoms. The molecule has 150 valence electrons. The van der Waals surface area contributed by atoms with Gasteiger partial charge in [-0.25, -0.2) is 9.78 Å². The maximum absolute atomic E-state index is 12.3. The quantitative estimate of drug-likeness (QED) is 0.709. The fourth-order valence-electron chi connectivity index (χ4n) is 3.58. The van der Waals surface area contributed by atoms with Crippen LogP contribution in [0.5, 0.6) is 0 Å². The number of nitrogens with zero attached hydrogens (tertiary/aromatic N) is 4. The first-order valence-corrected chi connectivity index (χ1v) is 8.76. The molecule has 2 N–H and O–H groups in total. The van der Waals surface area contributed by atoms with Gasteiger partial charge in [-0.2, -0.15) is 13.2 Å². The van der Waals surface area contributed by atoms with Crippen LogP contribution in [0.2, 0.25) is 0 Å². The largest absolute Gasteiger partial charge is 0.460 e. The number of carbonyl (C=O) groups excluding carboxylic acids is 1. The van der Waals surface area contributed by atoms with Crippen LogP contribution in [0.15, 0.2) is 22.9 Å². The number of furan rings is 1. The van der Waals surface area contributed by atoms with E-state index in [-0.39, 0.29) is 12.6 Å². The molecule has 1 aliphatic rings. The number of aliphatic hydroxyl groups is 1. The van der Waals surface area contributed by atoms with Gasteiger partial charge in [-0.15, -0.1) is 0 Å². The molecular formula is C17H18F3N5O3. The number of hydrogen-bond acceptors (Lipinski definition) is 5. The number of pyridine rings is 1.